The van der Waals surface area contributed by atoms with Crippen LogP contribution in [0.15, 0.2) is 45.8 Å². The first-order chi connectivity index (χ1) is 12.8. The van der Waals surface area contributed by atoms with E-state index in [2.05, 4.69) is 31.3 Å². The van der Waals surface area contributed by atoms with Gasteiger partial charge in [0.25, 0.3) is 0 Å². The van der Waals surface area contributed by atoms with Crippen LogP contribution >= 0.6 is 11.3 Å². The number of aromatic nitrogens is 2. The minimum atomic E-state index is -5.08. The number of rotatable bonds is 3. The standard InChI is InChI=1S/C15H15N3OS.C2HF3O2/c1-2-14(19-6-1)13-8-16-15-10-17(4-5-18(13)15)9-12-3-7-20-11-12;3-2(4,5)1(6)7/h1-3,6-8,11H,4-5,9-10H2;(H,6,7). The Morgan fingerprint density at radius 1 is 1.33 bits per heavy atom. The molecule has 0 radical (unpaired) electrons. The number of furan rings is 1. The van der Waals surface area contributed by atoms with Crippen LogP contribution in [0.3, 0.4) is 0 Å². The summed E-state index contributed by atoms with van der Waals surface area (Å²) in [5.74, 6) is -0.736. The van der Waals surface area contributed by atoms with Crippen molar-refractivity contribution in [3.8, 4) is 11.5 Å². The van der Waals surface area contributed by atoms with Crippen molar-refractivity contribution in [2.24, 2.45) is 0 Å². The van der Waals surface area contributed by atoms with E-state index in [0.29, 0.717) is 0 Å². The Labute approximate surface area is 156 Å². The molecule has 4 rings (SSSR count). The quantitative estimate of drug-likeness (QED) is 0.724. The topological polar surface area (TPSA) is 71.5 Å². The molecule has 0 saturated heterocycles. The highest BCUT2D eigenvalue weighted by atomic mass is 32.1. The molecule has 27 heavy (non-hydrogen) atoms. The zero-order valence-electron chi connectivity index (χ0n) is 14.0. The van der Waals surface area contributed by atoms with Gasteiger partial charge in [-0.15, -0.1) is 0 Å². The second kappa shape index (κ2) is 7.97. The Morgan fingerprint density at radius 3 is 2.70 bits per heavy atom. The van der Waals surface area contributed by atoms with Crippen molar-refractivity contribution in [3.05, 3.63) is 52.8 Å². The molecule has 10 heteroatoms. The third-order valence-electron chi connectivity index (χ3n) is 3.95. The van der Waals surface area contributed by atoms with Gasteiger partial charge in [-0.05, 0) is 34.5 Å². The van der Waals surface area contributed by atoms with Crippen LogP contribution in [0.2, 0.25) is 0 Å². The molecule has 1 aliphatic rings. The number of halogens is 3. The van der Waals surface area contributed by atoms with Crippen LogP contribution in [0.25, 0.3) is 11.5 Å². The maximum Gasteiger partial charge on any atom is 0.490 e. The summed E-state index contributed by atoms with van der Waals surface area (Å²) >= 11 is 1.76. The molecule has 0 aromatic carbocycles. The van der Waals surface area contributed by atoms with Gasteiger partial charge in [0.05, 0.1) is 19.0 Å². The van der Waals surface area contributed by atoms with Crippen molar-refractivity contribution in [1.82, 2.24) is 14.5 Å². The molecule has 0 unspecified atom stereocenters. The number of alkyl halides is 3. The van der Waals surface area contributed by atoms with E-state index >= 15 is 0 Å². The number of hydrogen-bond donors (Lipinski definition) is 1. The first kappa shape index (κ1) is 19.2. The number of carboxylic acid groups (broad SMARTS) is 1. The predicted octanol–water partition coefficient (Wildman–Crippen LogP) is 3.85. The van der Waals surface area contributed by atoms with Crippen molar-refractivity contribution in [1.29, 1.82) is 0 Å². The van der Waals surface area contributed by atoms with E-state index in [9.17, 15) is 13.2 Å². The van der Waals surface area contributed by atoms with Gasteiger partial charge in [0.1, 0.15) is 11.5 Å². The molecule has 0 spiro atoms. The number of carboxylic acids is 1. The molecule has 0 fully saturated rings. The average Bonchev–Trinajstić information content (AvgIpc) is 3.35. The second-order valence-corrected chi connectivity index (χ2v) is 6.61. The Kier molecular flexibility index (Phi) is 5.66. The molecular weight excluding hydrogens is 383 g/mol. The molecular formula is C17H16F3N3O3S. The van der Waals surface area contributed by atoms with Gasteiger partial charge in [-0.3, -0.25) is 4.90 Å². The second-order valence-electron chi connectivity index (χ2n) is 5.83. The van der Waals surface area contributed by atoms with Gasteiger partial charge in [0, 0.05) is 19.6 Å². The third-order valence-corrected chi connectivity index (χ3v) is 4.68. The number of carbonyl (C=O) groups is 1. The van der Waals surface area contributed by atoms with Gasteiger partial charge >= 0.3 is 12.1 Å². The minimum Gasteiger partial charge on any atom is -0.475 e. The molecule has 0 amide bonds. The van der Waals surface area contributed by atoms with E-state index in [-0.39, 0.29) is 0 Å². The minimum absolute atomic E-state index is 0.898. The first-order valence-electron chi connectivity index (χ1n) is 7.96. The Hall–Kier alpha value is -2.59. The lowest BCUT2D eigenvalue weighted by atomic mass is 10.2. The van der Waals surface area contributed by atoms with Crippen LogP contribution < -0.4 is 0 Å². The van der Waals surface area contributed by atoms with Crippen molar-refractivity contribution in [2.75, 3.05) is 6.54 Å². The van der Waals surface area contributed by atoms with E-state index in [0.717, 1.165) is 43.5 Å². The highest BCUT2D eigenvalue weighted by molar-refractivity contribution is 7.07. The number of fused-ring (bicyclic) bond motifs is 1. The monoisotopic (exact) mass is 399 g/mol. The Morgan fingerprint density at radius 2 is 2.11 bits per heavy atom. The maximum absolute atomic E-state index is 10.6. The number of imidazole rings is 1. The molecule has 0 bridgehead atoms. The summed E-state index contributed by atoms with van der Waals surface area (Å²) in [7, 11) is 0. The fourth-order valence-electron chi connectivity index (χ4n) is 2.71. The van der Waals surface area contributed by atoms with Crippen LogP contribution in [0.4, 0.5) is 13.2 Å². The Balaban J connectivity index is 0.000000260. The molecule has 3 aromatic heterocycles. The highest BCUT2D eigenvalue weighted by Crippen LogP contribution is 2.25. The van der Waals surface area contributed by atoms with E-state index in [1.165, 1.54) is 5.56 Å². The molecule has 3 aromatic rings. The molecule has 0 atom stereocenters. The normalized spacial score (nSPS) is 14.3. The summed E-state index contributed by atoms with van der Waals surface area (Å²) in [6, 6.07) is 6.10. The van der Waals surface area contributed by atoms with Crippen molar-refractivity contribution < 1.29 is 27.5 Å². The predicted molar refractivity (Wildman–Crippen MR) is 92.1 cm³/mol. The van der Waals surface area contributed by atoms with Crippen molar-refractivity contribution >= 4 is 17.3 Å². The van der Waals surface area contributed by atoms with Crippen LogP contribution in [-0.2, 0) is 24.4 Å². The van der Waals surface area contributed by atoms with Gasteiger partial charge in [0.2, 0.25) is 0 Å². The molecule has 1 aliphatic heterocycles. The van der Waals surface area contributed by atoms with Crippen LogP contribution in [-0.4, -0.2) is 38.2 Å². The number of aliphatic carboxylic acids is 1. The Bertz CT molecular complexity index is 873. The summed E-state index contributed by atoms with van der Waals surface area (Å²) in [6.07, 6.45) is -1.46. The van der Waals surface area contributed by atoms with Crippen molar-refractivity contribution in [3.63, 3.8) is 0 Å². The van der Waals surface area contributed by atoms with E-state index < -0.39 is 12.1 Å². The van der Waals surface area contributed by atoms with Gasteiger partial charge in [0.15, 0.2) is 5.76 Å². The van der Waals surface area contributed by atoms with Crippen LogP contribution in [0.5, 0.6) is 0 Å². The fraction of sp³-hybridized carbons (Fsp3) is 0.294. The van der Waals surface area contributed by atoms with E-state index in [1.54, 1.807) is 17.6 Å². The van der Waals surface area contributed by atoms with Gasteiger partial charge in [-0.2, -0.15) is 24.5 Å². The number of nitrogens with zero attached hydrogens (tertiary/aromatic N) is 3. The van der Waals surface area contributed by atoms with E-state index in [1.807, 2.05) is 18.3 Å². The van der Waals surface area contributed by atoms with Gasteiger partial charge in [-0.1, -0.05) is 0 Å². The summed E-state index contributed by atoms with van der Waals surface area (Å²) < 4.78 is 39.5. The summed E-state index contributed by atoms with van der Waals surface area (Å²) in [6.45, 7) is 3.92. The van der Waals surface area contributed by atoms with Crippen LogP contribution in [0.1, 0.15) is 11.4 Å². The molecule has 0 saturated carbocycles. The number of hydrogen-bond acceptors (Lipinski definition) is 5. The summed E-state index contributed by atoms with van der Waals surface area (Å²) in [5, 5.41) is 11.5. The smallest absolute Gasteiger partial charge is 0.475 e. The fourth-order valence-corrected chi connectivity index (χ4v) is 3.37. The lowest BCUT2D eigenvalue weighted by Gasteiger charge is -2.27. The molecule has 1 N–H and O–H groups in total. The van der Waals surface area contributed by atoms with E-state index in [4.69, 9.17) is 14.3 Å². The molecule has 144 valence electrons. The average molecular weight is 399 g/mol. The van der Waals surface area contributed by atoms with Gasteiger partial charge in [-0.25, -0.2) is 9.78 Å². The summed E-state index contributed by atoms with van der Waals surface area (Å²) in [5.41, 5.74) is 2.47. The zero-order valence-corrected chi connectivity index (χ0v) is 14.8. The van der Waals surface area contributed by atoms with Crippen molar-refractivity contribution in [2.45, 2.75) is 25.8 Å². The largest absolute Gasteiger partial charge is 0.490 e. The lowest BCUT2D eigenvalue weighted by Crippen LogP contribution is -2.33. The lowest BCUT2D eigenvalue weighted by molar-refractivity contribution is -0.192. The molecule has 0 aliphatic carbocycles. The maximum atomic E-state index is 10.6. The zero-order chi connectivity index (χ0) is 19.4. The van der Waals surface area contributed by atoms with Gasteiger partial charge < -0.3 is 14.1 Å². The molecule has 4 heterocycles. The first-order valence-corrected chi connectivity index (χ1v) is 8.90. The SMILES string of the molecule is O=C(O)C(F)(F)F.c1coc(-c2cnc3n2CCN(Cc2ccsc2)C3)c1. The third kappa shape index (κ3) is 4.77. The van der Waals surface area contributed by atoms with Crippen LogP contribution in [0, 0.1) is 0 Å². The molecule has 6 nitrogen and oxygen atoms in total. The number of thiophene rings is 1. The highest BCUT2D eigenvalue weighted by Gasteiger charge is 2.38. The summed E-state index contributed by atoms with van der Waals surface area (Å²) in [4.78, 5) is 15.9.